The first kappa shape index (κ1) is 20.2. The molecule has 2 rings (SSSR count). The van der Waals surface area contributed by atoms with Gasteiger partial charge in [0.15, 0.2) is 0 Å². The van der Waals surface area contributed by atoms with Gasteiger partial charge in [0.25, 0.3) is 0 Å². The number of carbonyl (C=O) groups excluding carboxylic acids is 1. The summed E-state index contributed by atoms with van der Waals surface area (Å²) in [5.41, 5.74) is 2.15. The molecule has 1 aromatic carbocycles. The summed E-state index contributed by atoms with van der Waals surface area (Å²) >= 11 is 0. The van der Waals surface area contributed by atoms with Crippen LogP contribution in [0.4, 0.5) is 0 Å². The molecule has 0 aliphatic heterocycles. The Labute approximate surface area is 158 Å². The van der Waals surface area contributed by atoms with Crippen molar-refractivity contribution < 1.29 is 9.53 Å². The normalized spacial score (nSPS) is 19.5. The quantitative estimate of drug-likeness (QED) is 0.299. The number of unbranched alkanes of at least 4 members (excludes halogenated alkanes) is 4. The van der Waals surface area contributed by atoms with Crippen LogP contribution in [0.15, 0.2) is 36.9 Å². The molecule has 0 aromatic heterocycles. The van der Waals surface area contributed by atoms with Gasteiger partial charge in [-0.15, -0.1) is 0 Å². The summed E-state index contributed by atoms with van der Waals surface area (Å²) in [6.07, 6.45) is 13.7. The van der Waals surface area contributed by atoms with Crippen molar-refractivity contribution in [3.05, 3.63) is 48.0 Å². The molecule has 0 heterocycles. The minimum Gasteiger partial charge on any atom is -0.463 e. The van der Waals surface area contributed by atoms with E-state index in [1.165, 1.54) is 63.0 Å². The van der Waals surface area contributed by atoms with E-state index in [2.05, 4.69) is 24.8 Å². The topological polar surface area (TPSA) is 50.1 Å². The van der Waals surface area contributed by atoms with Crippen molar-refractivity contribution in [2.75, 3.05) is 6.61 Å². The molecule has 0 radical (unpaired) electrons. The van der Waals surface area contributed by atoms with Gasteiger partial charge in [0, 0.05) is 6.08 Å². The molecule has 1 fully saturated rings. The third-order valence-corrected chi connectivity index (χ3v) is 5.53. The van der Waals surface area contributed by atoms with Gasteiger partial charge in [-0.05, 0) is 61.6 Å². The van der Waals surface area contributed by atoms with Gasteiger partial charge in [-0.3, -0.25) is 0 Å². The largest absolute Gasteiger partial charge is 0.463 e. The van der Waals surface area contributed by atoms with Crippen LogP contribution in [0.3, 0.4) is 0 Å². The Bertz CT molecular complexity index is 592. The number of carbonyl (C=O) groups is 1. The van der Waals surface area contributed by atoms with E-state index in [4.69, 9.17) is 10.00 Å². The summed E-state index contributed by atoms with van der Waals surface area (Å²) in [7, 11) is 0. The lowest BCUT2D eigenvalue weighted by Gasteiger charge is -2.29. The van der Waals surface area contributed by atoms with Gasteiger partial charge < -0.3 is 4.74 Å². The van der Waals surface area contributed by atoms with Crippen LogP contribution >= 0.6 is 0 Å². The summed E-state index contributed by atoms with van der Waals surface area (Å²) in [5.74, 6) is 1.25. The van der Waals surface area contributed by atoms with Gasteiger partial charge in [0.2, 0.25) is 0 Å². The second-order valence-electron chi connectivity index (χ2n) is 7.38. The average molecular weight is 354 g/mol. The summed E-state index contributed by atoms with van der Waals surface area (Å²) < 4.78 is 4.98. The minimum absolute atomic E-state index is 0.318. The summed E-state index contributed by atoms with van der Waals surface area (Å²) in [6.45, 7) is 3.91. The van der Waals surface area contributed by atoms with Crippen molar-refractivity contribution in [3.8, 4) is 6.07 Å². The molecule has 0 N–H and O–H groups in total. The standard InChI is InChI=1S/C23H31NO2/c1-2-23(25)26-17-7-5-3-4-6-8-19-9-13-21(14-10-19)22-15-11-20(18-24)12-16-22/h2,11-12,15-16,19,21H,1,3-10,13-14,17H2. The van der Waals surface area contributed by atoms with Gasteiger partial charge >= 0.3 is 5.97 Å². The second-order valence-corrected chi connectivity index (χ2v) is 7.38. The molecule has 3 nitrogen and oxygen atoms in total. The first-order valence-corrected chi connectivity index (χ1v) is 10.0. The highest BCUT2D eigenvalue weighted by molar-refractivity contribution is 5.81. The van der Waals surface area contributed by atoms with Crippen molar-refractivity contribution in [2.24, 2.45) is 5.92 Å². The van der Waals surface area contributed by atoms with E-state index in [9.17, 15) is 4.79 Å². The molecule has 140 valence electrons. The van der Waals surface area contributed by atoms with E-state index < -0.39 is 0 Å². The maximum Gasteiger partial charge on any atom is 0.330 e. The molecule has 0 saturated heterocycles. The van der Waals surface area contributed by atoms with E-state index in [-0.39, 0.29) is 5.97 Å². The fourth-order valence-corrected chi connectivity index (χ4v) is 3.91. The number of hydrogen-bond acceptors (Lipinski definition) is 3. The molecule has 0 spiro atoms. The fraction of sp³-hybridized carbons (Fsp3) is 0.565. The summed E-state index contributed by atoms with van der Waals surface area (Å²) in [6, 6.07) is 10.3. The Morgan fingerprint density at radius 1 is 1.08 bits per heavy atom. The highest BCUT2D eigenvalue weighted by atomic mass is 16.5. The predicted molar refractivity (Wildman–Crippen MR) is 105 cm³/mol. The minimum atomic E-state index is -0.318. The molecular weight excluding hydrogens is 322 g/mol. The van der Waals surface area contributed by atoms with Crippen LogP contribution < -0.4 is 0 Å². The van der Waals surface area contributed by atoms with Gasteiger partial charge in [-0.2, -0.15) is 5.26 Å². The smallest absolute Gasteiger partial charge is 0.330 e. The second kappa shape index (κ2) is 11.5. The Morgan fingerprint density at radius 2 is 1.73 bits per heavy atom. The van der Waals surface area contributed by atoms with E-state index in [1.807, 2.05) is 12.1 Å². The molecular formula is C23H31NO2. The first-order chi connectivity index (χ1) is 12.7. The Balaban J connectivity index is 1.52. The molecule has 0 atom stereocenters. The number of esters is 1. The lowest BCUT2D eigenvalue weighted by atomic mass is 9.77. The highest BCUT2D eigenvalue weighted by Gasteiger charge is 2.21. The lowest BCUT2D eigenvalue weighted by Crippen LogP contribution is -2.13. The molecule has 3 heteroatoms. The molecule has 1 aromatic rings. The molecule has 1 saturated carbocycles. The summed E-state index contributed by atoms with van der Waals surface area (Å²) in [4.78, 5) is 10.9. The van der Waals surface area contributed by atoms with Crippen molar-refractivity contribution >= 4 is 5.97 Å². The predicted octanol–water partition coefficient (Wildman–Crippen LogP) is 5.90. The highest BCUT2D eigenvalue weighted by Crippen LogP contribution is 2.37. The van der Waals surface area contributed by atoms with Crippen molar-refractivity contribution in [1.82, 2.24) is 0 Å². The van der Waals surface area contributed by atoms with Crippen LogP contribution in [0, 0.1) is 17.2 Å². The van der Waals surface area contributed by atoms with Crippen molar-refractivity contribution in [3.63, 3.8) is 0 Å². The van der Waals surface area contributed by atoms with Gasteiger partial charge in [0.05, 0.1) is 18.2 Å². The Morgan fingerprint density at radius 3 is 2.38 bits per heavy atom. The van der Waals surface area contributed by atoms with Crippen LogP contribution in [0.2, 0.25) is 0 Å². The van der Waals surface area contributed by atoms with E-state index in [0.29, 0.717) is 12.5 Å². The zero-order chi connectivity index (χ0) is 18.6. The monoisotopic (exact) mass is 353 g/mol. The van der Waals surface area contributed by atoms with E-state index >= 15 is 0 Å². The van der Waals surface area contributed by atoms with Crippen LogP contribution in [-0.4, -0.2) is 12.6 Å². The number of hydrogen-bond donors (Lipinski definition) is 0. The number of nitrogens with zero attached hydrogens (tertiary/aromatic N) is 1. The Kier molecular flexibility index (Phi) is 8.96. The maximum atomic E-state index is 10.9. The van der Waals surface area contributed by atoms with Crippen molar-refractivity contribution in [2.45, 2.75) is 70.1 Å². The third kappa shape index (κ3) is 7.04. The SMILES string of the molecule is C=CC(=O)OCCCCCCCC1CCC(c2ccc(C#N)cc2)CC1. The van der Waals surface area contributed by atoms with Crippen LogP contribution in [0.1, 0.15) is 81.3 Å². The molecule has 1 aliphatic rings. The zero-order valence-electron chi connectivity index (χ0n) is 15.8. The van der Waals surface area contributed by atoms with Crippen molar-refractivity contribution in [1.29, 1.82) is 5.26 Å². The van der Waals surface area contributed by atoms with Gasteiger partial charge in [-0.1, -0.05) is 50.8 Å². The summed E-state index contributed by atoms with van der Waals surface area (Å²) in [5, 5.41) is 8.90. The van der Waals surface area contributed by atoms with Crippen LogP contribution in [0.5, 0.6) is 0 Å². The van der Waals surface area contributed by atoms with E-state index in [1.54, 1.807) is 0 Å². The molecule has 0 bridgehead atoms. The van der Waals surface area contributed by atoms with E-state index in [0.717, 1.165) is 24.3 Å². The third-order valence-electron chi connectivity index (χ3n) is 5.53. The number of benzene rings is 1. The number of nitriles is 1. The average Bonchev–Trinajstić information content (AvgIpc) is 2.70. The van der Waals surface area contributed by atoms with Crippen LogP contribution in [-0.2, 0) is 9.53 Å². The van der Waals surface area contributed by atoms with Gasteiger partial charge in [0.1, 0.15) is 0 Å². The zero-order valence-corrected chi connectivity index (χ0v) is 15.8. The number of ether oxygens (including phenoxy) is 1. The molecule has 1 aliphatic carbocycles. The molecule has 26 heavy (non-hydrogen) atoms. The Hall–Kier alpha value is -2.08. The fourth-order valence-electron chi connectivity index (χ4n) is 3.91. The lowest BCUT2D eigenvalue weighted by molar-refractivity contribution is -0.137. The van der Waals surface area contributed by atoms with Crippen LogP contribution in [0.25, 0.3) is 0 Å². The maximum absolute atomic E-state index is 10.9. The number of rotatable bonds is 10. The molecule has 0 amide bonds. The molecule has 0 unspecified atom stereocenters. The first-order valence-electron chi connectivity index (χ1n) is 10.0. The van der Waals surface area contributed by atoms with Gasteiger partial charge in [-0.25, -0.2) is 4.79 Å².